The van der Waals surface area contributed by atoms with Crippen LogP contribution in [0.1, 0.15) is 23.5 Å². The molecule has 25 heavy (non-hydrogen) atoms. The monoisotopic (exact) mass is 341 g/mol. The largest absolute Gasteiger partial charge is 0.493 e. The van der Waals surface area contributed by atoms with Crippen LogP contribution in [0.2, 0.25) is 0 Å². The van der Waals surface area contributed by atoms with Crippen LogP contribution in [0.15, 0.2) is 42.5 Å². The number of hydrogen-bond acceptors (Lipinski definition) is 4. The highest BCUT2D eigenvalue weighted by Gasteiger charge is 2.27. The Balaban J connectivity index is 1.72. The average molecular weight is 341 g/mol. The van der Waals surface area contributed by atoms with Crippen molar-refractivity contribution in [2.45, 2.75) is 19.3 Å². The van der Waals surface area contributed by atoms with Gasteiger partial charge >= 0.3 is 5.97 Å². The lowest BCUT2D eigenvalue weighted by atomic mass is 9.92. The molecule has 0 saturated heterocycles. The number of nitrogens with one attached hydrogen (secondary N) is 1. The first kappa shape index (κ1) is 16.8. The predicted octanol–water partition coefficient (Wildman–Crippen LogP) is 2.96. The number of para-hydroxylation sites is 1. The summed E-state index contributed by atoms with van der Waals surface area (Å²) in [5.74, 6) is -0.170. The Morgan fingerprint density at radius 2 is 2.08 bits per heavy atom. The van der Waals surface area contributed by atoms with E-state index < -0.39 is 12.6 Å². The number of anilines is 1. The summed E-state index contributed by atoms with van der Waals surface area (Å²) in [6.45, 7) is 1.95. The number of hydrogen-bond donors (Lipinski definition) is 2. The number of aryl methyl sites for hydroxylation is 1. The molecule has 6 nitrogen and oxygen atoms in total. The van der Waals surface area contributed by atoms with Gasteiger partial charge in [0.25, 0.3) is 0 Å². The second-order valence-corrected chi connectivity index (χ2v) is 5.88. The molecule has 1 atom stereocenters. The van der Waals surface area contributed by atoms with E-state index in [4.69, 9.17) is 14.6 Å². The summed E-state index contributed by atoms with van der Waals surface area (Å²) in [6, 6.07) is 12.6. The van der Waals surface area contributed by atoms with Crippen LogP contribution in [0.25, 0.3) is 0 Å². The highest BCUT2D eigenvalue weighted by Crippen LogP contribution is 2.34. The standard InChI is InChI=1S/C19H19NO5/c1-12-10-13(25-11-18(21)22)6-7-16(12)20-19(23)15-8-9-24-17-5-3-2-4-14(15)17/h2-7,10,15H,8-9,11H2,1H3,(H,20,23)(H,21,22). The van der Waals surface area contributed by atoms with Crippen molar-refractivity contribution in [2.24, 2.45) is 0 Å². The van der Waals surface area contributed by atoms with E-state index in [1.165, 1.54) is 0 Å². The van der Waals surface area contributed by atoms with Gasteiger partial charge in [0.2, 0.25) is 5.91 Å². The lowest BCUT2D eigenvalue weighted by molar-refractivity contribution is -0.139. The van der Waals surface area contributed by atoms with Crippen molar-refractivity contribution in [3.63, 3.8) is 0 Å². The van der Waals surface area contributed by atoms with Gasteiger partial charge in [-0.2, -0.15) is 0 Å². The summed E-state index contributed by atoms with van der Waals surface area (Å²) in [5, 5.41) is 11.6. The van der Waals surface area contributed by atoms with Gasteiger partial charge in [-0.3, -0.25) is 4.79 Å². The lowest BCUT2D eigenvalue weighted by Gasteiger charge is -2.25. The fourth-order valence-corrected chi connectivity index (χ4v) is 2.85. The SMILES string of the molecule is Cc1cc(OCC(=O)O)ccc1NC(=O)C1CCOc2ccccc21. The van der Waals surface area contributed by atoms with Crippen LogP contribution in [-0.2, 0) is 9.59 Å². The third-order valence-corrected chi connectivity index (χ3v) is 4.09. The molecule has 2 aromatic carbocycles. The Morgan fingerprint density at radius 1 is 1.28 bits per heavy atom. The minimum atomic E-state index is -1.03. The van der Waals surface area contributed by atoms with Crippen LogP contribution in [0.5, 0.6) is 11.5 Å². The van der Waals surface area contributed by atoms with E-state index in [0.717, 1.165) is 16.9 Å². The highest BCUT2D eigenvalue weighted by molar-refractivity contribution is 5.97. The summed E-state index contributed by atoms with van der Waals surface area (Å²) in [6.07, 6.45) is 0.627. The minimum absolute atomic E-state index is 0.0851. The summed E-state index contributed by atoms with van der Waals surface area (Å²) in [5.41, 5.74) is 2.37. The Labute approximate surface area is 145 Å². The Bertz CT molecular complexity index is 802. The number of amides is 1. The molecule has 3 rings (SSSR count). The van der Waals surface area contributed by atoms with E-state index in [9.17, 15) is 9.59 Å². The van der Waals surface area contributed by atoms with Crippen molar-refractivity contribution in [2.75, 3.05) is 18.5 Å². The maximum Gasteiger partial charge on any atom is 0.341 e. The van der Waals surface area contributed by atoms with Crippen LogP contribution in [-0.4, -0.2) is 30.2 Å². The number of carboxylic acid groups (broad SMARTS) is 1. The molecule has 2 N–H and O–H groups in total. The molecule has 0 fully saturated rings. The smallest absolute Gasteiger partial charge is 0.341 e. The van der Waals surface area contributed by atoms with E-state index in [-0.39, 0.29) is 11.8 Å². The molecular weight excluding hydrogens is 322 g/mol. The number of carbonyl (C=O) groups excluding carboxylic acids is 1. The molecule has 1 aliphatic rings. The summed E-state index contributed by atoms with van der Waals surface area (Å²) < 4.78 is 10.7. The Morgan fingerprint density at radius 3 is 2.84 bits per heavy atom. The first-order valence-electron chi connectivity index (χ1n) is 8.02. The fourth-order valence-electron chi connectivity index (χ4n) is 2.85. The number of carbonyl (C=O) groups is 2. The molecule has 0 spiro atoms. The van der Waals surface area contributed by atoms with Gasteiger partial charge in [-0.25, -0.2) is 4.79 Å². The second kappa shape index (κ2) is 7.25. The number of benzene rings is 2. The molecule has 130 valence electrons. The van der Waals surface area contributed by atoms with Crippen LogP contribution >= 0.6 is 0 Å². The van der Waals surface area contributed by atoms with Crippen LogP contribution in [0, 0.1) is 6.92 Å². The zero-order valence-electron chi connectivity index (χ0n) is 13.8. The maximum atomic E-state index is 12.7. The average Bonchev–Trinajstić information content (AvgIpc) is 2.61. The van der Waals surface area contributed by atoms with Crippen molar-refractivity contribution >= 4 is 17.6 Å². The zero-order chi connectivity index (χ0) is 17.8. The first-order chi connectivity index (χ1) is 12.0. The molecular formula is C19H19NO5. The summed E-state index contributed by atoms with van der Waals surface area (Å²) in [4.78, 5) is 23.3. The normalized spacial score (nSPS) is 15.6. The van der Waals surface area contributed by atoms with Gasteiger partial charge in [0.1, 0.15) is 11.5 Å². The molecule has 6 heteroatoms. The maximum absolute atomic E-state index is 12.7. The van der Waals surface area contributed by atoms with E-state index in [1.807, 2.05) is 31.2 Å². The molecule has 1 amide bonds. The van der Waals surface area contributed by atoms with Crippen LogP contribution in [0.3, 0.4) is 0 Å². The number of rotatable bonds is 5. The van der Waals surface area contributed by atoms with Crippen LogP contribution in [0.4, 0.5) is 5.69 Å². The fraction of sp³-hybridized carbons (Fsp3) is 0.263. The second-order valence-electron chi connectivity index (χ2n) is 5.88. The van der Waals surface area contributed by atoms with Gasteiger partial charge in [0.15, 0.2) is 6.61 Å². The van der Waals surface area contributed by atoms with Gasteiger partial charge in [0.05, 0.1) is 12.5 Å². The molecule has 0 aromatic heterocycles. The zero-order valence-corrected chi connectivity index (χ0v) is 13.8. The summed E-state index contributed by atoms with van der Waals surface area (Å²) in [7, 11) is 0. The number of fused-ring (bicyclic) bond motifs is 1. The molecule has 0 aliphatic carbocycles. The van der Waals surface area contributed by atoms with E-state index in [1.54, 1.807) is 18.2 Å². The van der Waals surface area contributed by atoms with E-state index in [2.05, 4.69) is 5.32 Å². The minimum Gasteiger partial charge on any atom is -0.493 e. The van der Waals surface area contributed by atoms with Gasteiger partial charge in [-0.15, -0.1) is 0 Å². The molecule has 0 bridgehead atoms. The Hall–Kier alpha value is -3.02. The third kappa shape index (κ3) is 3.91. The molecule has 0 radical (unpaired) electrons. The van der Waals surface area contributed by atoms with Gasteiger partial charge < -0.3 is 19.9 Å². The quantitative estimate of drug-likeness (QED) is 0.873. The number of carboxylic acids is 1. The van der Waals surface area contributed by atoms with Crippen molar-refractivity contribution in [3.8, 4) is 11.5 Å². The summed E-state index contributed by atoms with van der Waals surface area (Å²) >= 11 is 0. The topological polar surface area (TPSA) is 84.9 Å². The predicted molar refractivity (Wildman–Crippen MR) is 92.2 cm³/mol. The lowest BCUT2D eigenvalue weighted by Crippen LogP contribution is -2.26. The molecule has 2 aromatic rings. The molecule has 1 heterocycles. The first-order valence-corrected chi connectivity index (χ1v) is 8.02. The van der Waals surface area contributed by atoms with Crippen molar-refractivity contribution in [3.05, 3.63) is 53.6 Å². The molecule has 0 saturated carbocycles. The highest BCUT2D eigenvalue weighted by atomic mass is 16.5. The Kier molecular flexibility index (Phi) is 4.88. The van der Waals surface area contributed by atoms with Crippen molar-refractivity contribution in [1.82, 2.24) is 0 Å². The van der Waals surface area contributed by atoms with Crippen LogP contribution < -0.4 is 14.8 Å². The third-order valence-electron chi connectivity index (χ3n) is 4.09. The van der Waals surface area contributed by atoms with Gasteiger partial charge in [0, 0.05) is 11.3 Å². The van der Waals surface area contributed by atoms with E-state index in [0.29, 0.717) is 24.5 Å². The number of ether oxygens (including phenoxy) is 2. The van der Waals surface area contributed by atoms with Crippen molar-refractivity contribution < 1.29 is 24.2 Å². The molecule has 1 unspecified atom stereocenters. The van der Waals surface area contributed by atoms with Crippen molar-refractivity contribution in [1.29, 1.82) is 0 Å². The van der Waals surface area contributed by atoms with Gasteiger partial charge in [-0.1, -0.05) is 18.2 Å². The van der Waals surface area contributed by atoms with Gasteiger partial charge in [-0.05, 0) is 43.2 Å². The number of aliphatic carboxylic acids is 1. The van der Waals surface area contributed by atoms with E-state index >= 15 is 0 Å². The molecule has 1 aliphatic heterocycles.